The number of carbonyl (C=O) groups is 3. The Bertz CT molecular complexity index is 589. The largest absolute Gasteiger partial charge is 0.352 e. The monoisotopic (exact) mass is 332 g/mol. The molecule has 124 valence electrons. The van der Waals surface area contributed by atoms with Gasteiger partial charge in [0.2, 0.25) is 17.7 Å². The zero-order chi connectivity index (χ0) is 17.0. The zero-order valence-electron chi connectivity index (χ0n) is 14.0. The molecule has 1 aliphatic rings. The molecule has 1 saturated heterocycles. The Morgan fingerprint density at radius 2 is 1.65 bits per heavy atom. The molecule has 3 amide bonds. The first-order valence-corrected chi connectivity index (χ1v) is 11.5. The lowest BCUT2D eigenvalue weighted by Gasteiger charge is -2.17. The normalized spacial score (nSPS) is 15.2. The summed E-state index contributed by atoms with van der Waals surface area (Å²) >= 11 is 0. The predicted molar refractivity (Wildman–Crippen MR) is 91.8 cm³/mol. The number of nitrogens with zero attached hydrogens (tertiary/aromatic N) is 1. The highest BCUT2D eigenvalue weighted by atomic mass is 28.3. The standard InChI is InChI=1S/C17H24N2O3Si/c1-23(2,3)14-6-4-13(5-7-14)12-18-15(20)10-11-19-16(21)8-9-17(19)22/h4-7H,8-12H2,1-3H3,(H,18,20). The first-order valence-electron chi connectivity index (χ1n) is 7.96. The molecular weight excluding hydrogens is 308 g/mol. The van der Waals surface area contributed by atoms with E-state index in [1.165, 1.54) is 10.1 Å². The summed E-state index contributed by atoms with van der Waals surface area (Å²) < 4.78 is 0. The second-order valence-electron chi connectivity index (χ2n) is 6.91. The average Bonchev–Trinajstić information content (AvgIpc) is 2.81. The Morgan fingerprint density at radius 3 is 2.17 bits per heavy atom. The molecule has 1 aromatic carbocycles. The predicted octanol–water partition coefficient (Wildman–Crippen LogP) is 1.39. The molecule has 0 saturated carbocycles. The van der Waals surface area contributed by atoms with Crippen LogP contribution in [0.5, 0.6) is 0 Å². The van der Waals surface area contributed by atoms with Gasteiger partial charge in [-0.15, -0.1) is 0 Å². The third kappa shape index (κ3) is 4.76. The van der Waals surface area contributed by atoms with Crippen molar-refractivity contribution in [1.82, 2.24) is 10.2 Å². The molecule has 0 aliphatic carbocycles. The van der Waals surface area contributed by atoms with Crippen LogP contribution in [-0.2, 0) is 20.9 Å². The SMILES string of the molecule is C[Si](C)(C)c1ccc(CNC(=O)CCN2C(=O)CCC2=O)cc1. The number of imide groups is 1. The molecule has 6 heteroatoms. The number of benzene rings is 1. The first-order chi connectivity index (χ1) is 10.8. The molecule has 0 bridgehead atoms. The molecule has 2 rings (SSSR count). The van der Waals surface area contributed by atoms with Crippen molar-refractivity contribution in [2.75, 3.05) is 6.54 Å². The molecule has 1 N–H and O–H groups in total. The van der Waals surface area contributed by atoms with Crippen LogP contribution in [0.25, 0.3) is 0 Å². The molecule has 1 aliphatic heterocycles. The van der Waals surface area contributed by atoms with E-state index in [2.05, 4.69) is 37.1 Å². The van der Waals surface area contributed by atoms with Crippen molar-refractivity contribution in [1.29, 1.82) is 0 Å². The number of amides is 3. The minimum Gasteiger partial charge on any atom is -0.352 e. The van der Waals surface area contributed by atoms with E-state index in [4.69, 9.17) is 0 Å². The maximum absolute atomic E-state index is 11.9. The maximum atomic E-state index is 11.9. The summed E-state index contributed by atoms with van der Waals surface area (Å²) in [7, 11) is -1.30. The van der Waals surface area contributed by atoms with Crippen molar-refractivity contribution in [3.05, 3.63) is 29.8 Å². The minimum absolute atomic E-state index is 0.147. The van der Waals surface area contributed by atoms with Gasteiger partial charge < -0.3 is 5.32 Å². The average molecular weight is 332 g/mol. The summed E-state index contributed by atoms with van der Waals surface area (Å²) in [5.41, 5.74) is 1.05. The van der Waals surface area contributed by atoms with Crippen LogP contribution in [0.3, 0.4) is 0 Å². The third-order valence-electron chi connectivity index (χ3n) is 4.03. The van der Waals surface area contributed by atoms with E-state index < -0.39 is 8.07 Å². The topological polar surface area (TPSA) is 66.5 Å². The van der Waals surface area contributed by atoms with Gasteiger partial charge in [0.15, 0.2) is 0 Å². The van der Waals surface area contributed by atoms with Gasteiger partial charge in [-0.25, -0.2) is 0 Å². The zero-order valence-corrected chi connectivity index (χ0v) is 15.0. The summed E-state index contributed by atoms with van der Waals surface area (Å²) in [5.74, 6) is -0.499. The molecule has 1 aromatic rings. The van der Waals surface area contributed by atoms with Gasteiger partial charge in [0.05, 0.1) is 8.07 Å². The fourth-order valence-electron chi connectivity index (χ4n) is 2.50. The summed E-state index contributed by atoms with van der Waals surface area (Å²) in [6, 6.07) is 8.35. The van der Waals surface area contributed by atoms with Gasteiger partial charge in [-0.3, -0.25) is 19.3 Å². The molecule has 1 heterocycles. The second kappa shape index (κ2) is 7.08. The minimum atomic E-state index is -1.30. The molecule has 1 fully saturated rings. The lowest BCUT2D eigenvalue weighted by Crippen LogP contribution is -2.37. The lowest BCUT2D eigenvalue weighted by molar-refractivity contribution is -0.138. The van der Waals surface area contributed by atoms with Crippen molar-refractivity contribution >= 4 is 31.0 Å². The Balaban J connectivity index is 1.78. The van der Waals surface area contributed by atoms with Crippen LogP contribution >= 0.6 is 0 Å². The van der Waals surface area contributed by atoms with E-state index in [9.17, 15) is 14.4 Å². The van der Waals surface area contributed by atoms with Gasteiger partial charge in [-0.05, 0) is 5.56 Å². The Hall–Kier alpha value is -1.95. The van der Waals surface area contributed by atoms with E-state index in [-0.39, 0.29) is 43.5 Å². The van der Waals surface area contributed by atoms with Gasteiger partial charge in [0, 0.05) is 32.4 Å². The molecule has 0 radical (unpaired) electrons. The van der Waals surface area contributed by atoms with Crippen molar-refractivity contribution in [2.24, 2.45) is 0 Å². The number of carbonyl (C=O) groups excluding carboxylic acids is 3. The quantitative estimate of drug-likeness (QED) is 0.632. The maximum Gasteiger partial charge on any atom is 0.229 e. The van der Waals surface area contributed by atoms with Gasteiger partial charge in [0.25, 0.3) is 0 Å². The van der Waals surface area contributed by atoms with E-state index in [1.807, 2.05) is 12.1 Å². The molecule has 23 heavy (non-hydrogen) atoms. The number of nitrogens with one attached hydrogen (secondary N) is 1. The van der Waals surface area contributed by atoms with Crippen molar-refractivity contribution < 1.29 is 14.4 Å². The van der Waals surface area contributed by atoms with E-state index in [0.29, 0.717) is 6.54 Å². The lowest BCUT2D eigenvalue weighted by atomic mass is 10.2. The Morgan fingerprint density at radius 1 is 1.09 bits per heavy atom. The molecule has 5 nitrogen and oxygen atoms in total. The smallest absolute Gasteiger partial charge is 0.229 e. The number of hydrogen-bond acceptors (Lipinski definition) is 3. The summed E-state index contributed by atoms with van der Waals surface area (Å²) in [5, 5.41) is 4.22. The van der Waals surface area contributed by atoms with Crippen molar-refractivity contribution in [3.8, 4) is 0 Å². The Kier molecular flexibility index (Phi) is 5.36. The van der Waals surface area contributed by atoms with Gasteiger partial charge >= 0.3 is 0 Å². The third-order valence-corrected chi connectivity index (χ3v) is 6.09. The van der Waals surface area contributed by atoms with Crippen LogP contribution in [0.2, 0.25) is 19.6 Å². The van der Waals surface area contributed by atoms with Crippen molar-refractivity contribution in [2.45, 2.75) is 45.4 Å². The van der Waals surface area contributed by atoms with Gasteiger partial charge in [-0.2, -0.15) is 0 Å². The highest BCUT2D eigenvalue weighted by Crippen LogP contribution is 2.11. The molecule has 0 atom stereocenters. The fraction of sp³-hybridized carbons (Fsp3) is 0.471. The van der Waals surface area contributed by atoms with Gasteiger partial charge in [-0.1, -0.05) is 49.1 Å². The Labute approximate surface area is 138 Å². The molecule has 0 unspecified atom stereocenters. The van der Waals surface area contributed by atoms with Crippen LogP contribution < -0.4 is 10.5 Å². The van der Waals surface area contributed by atoms with Crippen LogP contribution in [0.4, 0.5) is 0 Å². The number of hydrogen-bond donors (Lipinski definition) is 1. The van der Waals surface area contributed by atoms with Crippen LogP contribution in [-0.4, -0.2) is 37.2 Å². The van der Waals surface area contributed by atoms with E-state index >= 15 is 0 Å². The highest BCUT2D eigenvalue weighted by Gasteiger charge is 2.28. The summed E-state index contributed by atoms with van der Waals surface area (Å²) in [6.07, 6.45) is 0.693. The van der Waals surface area contributed by atoms with Gasteiger partial charge in [0.1, 0.15) is 0 Å². The number of likely N-dealkylation sites (tertiary alicyclic amines) is 1. The van der Waals surface area contributed by atoms with Crippen LogP contribution in [0, 0.1) is 0 Å². The summed E-state index contributed by atoms with van der Waals surface area (Å²) in [6.45, 7) is 7.53. The molecule has 0 spiro atoms. The fourth-order valence-corrected chi connectivity index (χ4v) is 3.66. The molecular formula is C17H24N2O3Si. The second-order valence-corrected chi connectivity index (χ2v) is 12.0. The van der Waals surface area contributed by atoms with Crippen LogP contribution in [0.15, 0.2) is 24.3 Å². The number of rotatable bonds is 6. The summed E-state index contributed by atoms with van der Waals surface area (Å²) in [4.78, 5) is 36.0. The molecule has 0 aromatic heterocycles. The van der Waals surface area contributed by atoms with Crippen molar-refractivity contribution in [3.63, 3.8) is 0 Å². The van der Waals surface area contributed by atoms with Crippen LogP contribution in [0.1, 0.15) is 24.8 Å². The van der Waals surface area contributed by atoms with E-state index in [0.717, 1.165) is 5.56 Å². The van der Waals surface area contributed by atoms with E-state index in [1.54, 1.807) is 0 Å². The highest BCUT2D eigenvalue weighted by molar-refractivity contribution is 6.88. The first kappa shape index (κ1) is 17.4.